The molecule has 10 heteroatoms. The maximum absolute atomic E-state index is 13.1. The highest BCUT2D eigenvalue weighted by molar-refractivity contribution is 6.34. The number of benzene rings is 2. The minimum Gasteiger partial charge on any atom is -0.493 e. The van der Waals surface area contributed by atoms with Crippen LogP contribution in [-0.2, 0) is 9.59 Å². The first-order valence-corrected chi connectivity index (χ1v) is 9.33. The molecule has 2 N–H and O–H groups in total. The van der Waals surface area contributed by atoms with Gasteiger partial charge in [0, 0.05) is 18.6 Å². The molecule has 0 aromatic heterocycles. The zero-order chi connectivity index (χ0) is 21.8. The van der Waals surface area contributed by atoms with Gasteiger partial charge in [0.15, 0.2) is 11.5 Å². The SMILES string of the molecule is COc1cc(Cl)c(NC(=O)CCC2NC(=O)N(c3ccc(F)cc3)C2=O)cc1OC. The summed E-state index contributed by atoms with van der Waals surface area (Å²) in [5.41, 5.74) is 0.581. The number of anilines is 2. The van der Waals surface area contributed by atoms with Crippen molar-refractivity contribution in [2.24, 2.45) is 0 Å². The average Bonchev–Trinajstić information content (AvgIpc) is 3.01. The van der Waals surface area contributed by atoms with Gasteiger partial charge in [0.1, 0.15) is 11.9 Å². The molecule has 0 aliphatic carbocycles. The molecule has 1 unspecified atom stereocenters. The Morgan fingerprint density at radius 1 is 1.17 bits per heavy atom. The standard InChI is InChI=1S/C20H19ClFN3O5/c1-29-16-9-13(21)15(10-17(16)30-2)23-18(26)8-7-14-19(27)25(20(28)24-14)12-5-3-11(22)4-6-12/h3-6,9-10,14H,7-8H2,1-2H3,(H,23,26)(H,24,28). The maximum Gasteiger partial charge on any atom is 0.329 e. The summed E-state index contributed by atoms with van der Waals surface area (Å²) in [6, 6.07) is 6.53. The Balaban J connectivity index is 1.62. The van der Waals surface area contributed by atoms with Gasteiger partial charge in [0.05, 0.1) is 30.6 Å². The van der Waals surface area contributed by atoms with Crippen molar-refractivity contribution in [1.29, 1.82) is 0 Å². The van der Waals surface area contributed by atoms with Crippen LogP contribution in [0.5, 0.6) is 11.5 Å². The number of halogens is 2. The number of ether oxygens (including phenoxy) is 2. The Morgan fingerprint density at radius 2 is 1.80 bits per heavy atom. The molecule has 2 aromatic rings. The maximum atomic E-state index is 13.1. The highest BCUT2D eigenvalue weighted by Gasteiger charge is 2.38. The van der Waals surface area contributed by atoms with Crippen LogP contribution in [0.3, 0.4) is 0 Å². The summed E-state index contributed by atoms with van der Waals surface area (Å²) in [7, 11) is 2.92. The first-order valence-electron chi connectivity index (χ1n) is 8.95. The molecule has 1 fully saturated rings. The molecule has 4 amide bonds. The highest BCUT2D eigenvalue weighted by Crippen LogP contribution is 2.36. The van der Waals surface area contributed by atoms with Crippen LogP contribution in [0.25, 0.3) is 0 Å². The number of amides is 4. The highest BCUT2D eigenvalue weighted by atomic mass is 35.5. The molecule has 1 saturated heterocycles. The van der Waals surface area contributed by atoms with E-state index >= 15 is 0 Å². The second-order valence-electron chi connectivity index (χ2n) is 6.43. The summed E-state index contributed by atoms with van der Waals surface area (Å²) in [5, 5.41) is 5.44. The first kappa shape index (κ1) is 21.4. The number of rotatable bonds is 7. The third-order valence-electron chi connectivity index (χ3n) is 4.51. The largest absolute Gasteiger partial charge is 0.493 e. The second-order valence-corrected chi connectivity index (χ2v) is 6.83. The van der Waals surface area contributed by atoms with Crippen molar-refractivity contribution in [3.8, 4) is 11.5 Å². The van der Waals surface area contributed by atoms with Crippen molar-refractivity contribution < 1.29 is 28.2 Å². The minimum atomic E-state index is -0.867. The lowest BCUT2D eigenvalue weighted by molar-refractivity contribution is -0.119. The van der Waals surface area contributed by atoms with Gasteiger partial charge >= 0.3 is 6.03 Å². The Bertz CT molecular complexity index is 983. The number of urea groups is 1. The molecular formula is C20H19ClFN3O5. The van der Waals surface area contributed by atoms with Gasteiger partial charge in [-0.1, -0.05) is 11.6 Å². The van der Waals surface area contributed by atoms with E-state index in [-0.39, 0.29) is 23.6 Å². The van der Waals surface area contributed by atoms with Gasteiger partial charge in [0.25, 0.3) is 5.91 Å². The third-order valence-corrected chi connectivity index (χ3v) is 4.82. The fourth-order valence-corrected chi connectivity index (χ4v) is 3.20. The van der Waals surface area contributed by atoms with Crippen LogP contribution < -0.4 is 25.0 Å². The third kappa shape index (κ3) is 4.46. The predicted molar refractivity (Wildman–Crippen MR) is 109 cm³/mol. The van der Waals surface area contributed by atoms with Crippen molar-refractivity contribution >= 4 is 40.8 Å². The van der Waals surface area contributed by atoms with E-state index in [1.54, 1.807) is 0 Å². The molecule has 0 spiro atoms. The number of hydrogen-bond acceptors (Lipinski definition) is 5. The van der Waals surface area contributed by atoms with E-state index in [0.29, 0.717) is 17.2 Å². The molecule has 1 atom stereocenters. The number of carbonyl (C=O) groups is 3. The zero-order valence-corrected chi connectivity index (χ0v) is 17.0. The second kappa shape index (κ2) is 9.00. The first-order chi connectivity index (χ1) is 14.3. The summed E-state index contributed by atoms with van der Waals surface area (Å²) in [6.45, 7) is 0. The lowest BCUT2D eigenvalue weighted by atomic mass is 10.1. The van der Waals surface area contributed by atoms with E-state index in [1.165, 1.54) is 38.5 Å². The number of hydrogen-bond donors (Lipinski definition) is 2. The Labute approximate surface area is 176 Å². The van der Waals surface area contributed by atoms with Gasteiger partial charge in [-0.15, -0.1) is 0 Å². The van der Waals surface area contributed by atoms with Gasteiger partial charge in [-0.2, -0.15) is 0 Å². The van der Waals surface area contributed by atoms with Crippen LogP contribution in [0.15, 0.2) is 36.4 Å². The molecular weight excluding hydrogens is 417 g/mol. The number of imide groups is 1. The van der Waals surface area contributed by atoms with E-state index in [0.717, 1.165) is 17.0 Å². The lowest BCUT2D eigenvalue weighted by Gasteiger charge is -2.14. The molecule has 3 rings (SSSR count). The van der Waals surface area contributed by atoms with Gasteiger partial charge in [0.2, 0.25) is 5.91 Å². The van der Waals surface area contributed by atoms with E-state index in [4.69, 9.17) is 21.1 Å². The van der Waals surface area contributed by atoms with Crippen LogP contribution in [0.4, 0.5) is 20.6 Å². The predicted octanol–water partition coefficient (Wildman–Crippen LogP) is 3.34. The van der Waals surface area contributed by atoms with Gasteiger partial charge in [-0.05, 0) is 30.7 Å². The Morgan fingerprint density at radius 3 is 2.43 bits per heavy atom. The van der Waals surface area contributed by atoms with E-state index in [9.17, 15) is 18.8 Å². The van der Waals surface area contributed by atoms with Crippen molar-refractivity contribution in [2.45, 2.75) is 18.9 Å². The zero-order valence-electron chi connectivity index (χ0n) is 16.2. The molecule has 0 bridgehead atoms. The molecule has 0 radical (unpaired) electrons. The Kier molecular flexibility index (Phi) is 6.41. The molecule has 1 aliphatic rings. The molecule has 1 aliphatic heterocycles. The van der Waals surface area contributed by atoms with Gasteiger partial charge in [-0.3, -0.25) is 9.59 Å². The summed E-state index contributed by atoms with van der Waals surface area (Å²) in [6.07, 6.45) is 0.0393. The van der Waals surface area contributed by atoms with Crippen LogP contribution in [0.1, 0.15) is 12.8 Å². The minimum absolute atomic E-state index is 0.0430. The van der Waals surface area contributed by atoms with Crippen molar-refractivity contribution in [2.75, 3.05) is 24.4 Å². The van der Waals surface area contributed by atoms with Gasteiger partial charge in [-0.25, -0.2) is 14.1 Å². The smallest absolute Gasteiger partial charge is 0.329 e. The molecule has 2 aromatic carbocycles. The summed E-state index contributed by atoms with van der Waals surface area (Å²) in [5.74, 6) is -0.575. The van der Waals surface area contributed by atoms with Crippen molar-refractivity contribution in [3.05, 3.63) is 47.2 Å². The molecule has 1 heterocycles. The van der Waals surface area contributed by atoms with Crippen LogP contribution in [0.2, 0.25) is 5.02 Å². The van der Waals surface area contributed by atoms with Gasteiger partial charge < -0.3 is 20.1 Å². The lowest BCUT2D eigenvalue weighted by Crippen LogP contribution is -2.31. The molecule has 30 heavy (non-hydrogen) atoms. The molecule has 158 valence electrons. The topological polar surface area (TPSA) is 97.0 Å². The number of carbonyl (C=O) groups excluding carboxylic acids is 3. The monoisotopic (exact) mass is 435 g/mol. The molecule has 8 nitrogen and oxygen atoms in total. The summed E-state index contributed by atoms with van der Waals surface area (Å²) in [4.78, 5) is 37.9. The quantitative estimate of drug-likeness (QED) is 0.650. The van der Waals surface area contributed by atoms with Crippen LogP contribution in [-0.4, -0.2) is 38.1 Å². The molecule has 0 saturated carbocycles. The Hall–Kier alpha value is -3.33. The number of nitrogens with zero attached hydrogens (tertiary/aromatic N) is 1. The van der Waals surface area contributed by atoms with E-state index in [1.807, 2.05) is 0 Å². The number of methoxy groups -OCH3 is 2. The normalized spacial score (nSPS) is 15.7. The van der Waals surface area contributed by atoms with Crippen LogP contribution >= 0.6 is 11.6 Å². The average molecular weight is 436 g/mol. The van der Waals surface area contributed by atoms with Crippen LogP contribution in [0, 0.1) is 5.82 Å². The fourth-order valence-electron chi connectivity index (χ4n) is 3.00. The summed E-state index contributed by atoms with van der Waals surface area (Å²) < 4.78 is 23.4. The van der Waals surface area contributed by atoms with Crippen molar-refractivity contribution in [1.82, 2.24) is 5.32 Å². The van der Waals surface area contributed by atoms with Crippen molar-refractivity contribution in [3.63, 3.8) is 0 Å². The fraction of sp³-hybridized carbons (Fsp3) is 0.250. The number of nitrogens with one attached hydrogen (secondary N) is 2. The summed E-state index contributed by atoms with van der Waals surface area (Å²) >= 11 is 6.15. The van der Waals surface area contributed by atoms with E-state index < -0.39 is 29.7 Å². The van der Waals surface area contributed by atoms with E-state index in [2.05, 4.69) is 10.6 Å².